The van der Waals surface area contributed by atoms with Crippen molar-refractivity contribution in [1.82, 2.24) is 14.6 Å². The highest BCUT2D eigenvalue weighted by molar-refractivity contribution is 7.88. The fourth-order valence-corrected chi connectivity index (χ4v) is 3.53. The lowest BCUT2D eigenvalue weighted by atomic mass is 10.0. The van der Waals surface area contributed by atoms with Crippen molar-refractivity contribution in [2.75, 3.05) is 19.3 Å². The van der Waals surface area contributed by atoms with Crippen LogP contribution in [0.1, 0.15) is 25.2 Å². The largest absolute Gasteiger partial charge is 0.439 e. The predicted molar refractivity (Wildman–Crippen MR) is 92.8 cm³/mol. The van der Waals surface area contributed by atoms with Gasteiger partial charge in [-0.2, -0.15) is 0 Å². The molecule has 1 N–H and O–H groups in total. The quantitative estimate of drug-likeness (QED) is 0.866. The van der Waals surface area contributed by atoms with Crippen molar-refractivity contribution in [2.45, 2.75) is 31.8 Å². The average molecular weight is 349 g/mol. The van der Waals surface area contributed by atoms with Crippen molar-refractivity contribution in [2.24, 2.45) is 0 Å². The van der Waals surface area contributed by atoms with Gasteiger partial charge in [0.2, 0.25) is 15.9 Å². The molecule has 24 heavy (non-hydrogen) atoms. The Labute approximate surface area is 142 Å². The molecule has 0 unspecified atom stereocenters. The Balaban J connectivity index is 1.66. The molecule has 7 heteroatoms. The summed E-state index contributed by atoms with van der Waals surface area (Å²) in [6, 6.07) is 10.1. The summed E-state index contributed by atoms with van der Waals surface area (Å²) in [6.45, 7) is 1.97. The van der Waals surface area contributed by atoms with Gasteiger partial charge in [-0.1, -0.05) is 36.8 Å². The van der Waals surface area contributed by atoms with Gasteiger partial charge in [0.15, 0.2) is 5.76 Å². The first-order valence-electron chi connectivity index (χ1n) is 8.20. The molecule has 2 aromatic rings. The topological polar surface area (TPSA) is 75.4 Å². The van der Waals surface area contributed by atoms with E-state index in [0.717, 1.165) is 37.1 Å². The van der Waals surface area contributed by atoms with E-state index in [-0.39, 0.29) is 6.04 Å². The molecule has 0 aliphatic carbocycles. The van der Waals surface area contributed by atoms with E-state index in [2.05, 4.69) is 14.6 Å². The number of hydrogen-bond acceptors (Lipinski definition) is 5. The summed E-state index contributed by atoms with van der Waals surface area (Å²) in [5.74, 6) is 1.42. The summed E-state index contributed by atoms with van der Waals surface area (Å²) in [5.41, 5.74) is 1.00. The van der Waals surface area contributed by atoms with Gasteiger partial charge in [-0.15, -0.1) is 0 Å². The van der Waals surface area contributed by atoms with Crippen LogP contribution in [-0.2, 0) is 16.6 Å². The van der Waals surface area contributed by atoms with Crippen LogP contribution in [0.4, 0.5) is 0 Å². The van der Waals surface area contributed by atoms with Gasteiger partial charge in [-0.05, 0) is 19.4 Å². The van der Waals surface area contributed by atoms with E-state index in [1.54, 1.807) is 6.20 Å². The maximum absolute atomic E-state index is 11.3. The molecule has 1 aromatic carbocycles. The first kappa shape index (κ1) is 17.1. The van der Waals surface area contributed by atoms with E-state index in [4.69, 9.17) is 4.42 Å². The highest BCUT2D eigenvalue weighted by Crippen LogP contribution is 2.23. The molecule has 1 atom stereocenters. The molecule has 0 radical (unpaired) electrons. The third-order valence-electron chi connectivity index (χ3n) is 4.28. The molecule has 1 aromatic heterocycles. The Kier molecular flexibility index (Phi) is 5.33. The second kappa shape index (κ2) is 7.46. The molecule has 2 heterocycles. The Morgan fingerprint density at radius 1 is 1.29 bits per heavy atom. The fraction of sp³-hybridized carbons (Fsp3) is 0.471. The van der Waals surface area contributed by atoms with E-state index < -0.39 is 10.0 Å². The third kappa shape index (κ3) is 4.66. The summed E-state index contributed by atoms with van der Waals surface area (Å²) >= 11 is 0. The Morgan fingerprint density at radius 2 is 2.08 bits per heavy atom. The zero-order valence-electron chi connectivity index (χ0n) is 13.8. The zero-order chi connectivity index (χ0) is 17.0. The van der Waals surface area contributed by atoms with E-state index in [1.165, 1.54) is 6.26 Å². The van der Waals surface area contributed by atoms with Crippen LogP contribution in [0.3, 0.4) is 0 Å². The number of oxazole rings is 1. The first-order valence-corrected chi connectivity index (χ1v) is 10.1. The standard InChI is InChI=1S/C17H23N3O3S/c1-24(21,22)19-11-15-9-5-6-10-20(15)13-17-18-12-16(23-17)14-7-3-2-4-8-14/h2-4,7-8,12,15,19H,5-6,9-11,13H2,1H3/t15-/m0/s1. The molecule has 3 rings (SSSR count). The van der Waals surface area contributed by atoms with Crippen LogP contribution in [0.5, 0.6) is 0 Å². The summed E-state index contributed by atoms with van der Waals surface area (Å²) in [4.78, 5) is 6.64. The minimum atomic E-state index is -3.17. The minimum absolute atomic E-state index is 0.181. The van der Waals surface area contributed by atoms with Crippen molar-refractivity contribution >= 4 is 10.0 Å². The highest BCUT2D eigenvalue weighted by atomic mass is 32.2. The Hall–Kier alpha value is -1.70. The number of nitrogens with zero attached hydrogens (tertiary/aromatic N) is 2. The molecule has 0 saturated carbocycles. The van der Waals surface area contributed by atoms with Gasteiger partial charge >= 0.3 is 0 Å². The maximum atomic E-state index is 11.3. The van der Waals surface area contributed by atoms with Crippen molar-refractivity contribution in [3.05, 3.63) is 42.4 Å². The molecule has 0 spiro atoms. The molecule has 130 valence electrons. The van der Waals surface area contributed by atoms with E-state index >= 15 is 0 Å². The number of piperidine rings is 1. The van der Waals surface area contributed by atoms with Crippen molar-refractivity contribution in [3.8, 4) is 11.3 Å². The van der Waals surface area contributed by atoms with Crippen molar-refractivity contribution in [1.29, 1.82) is 0 Å². The number of rotatable bonds is 6. The van der Waals surface area contributed by atoms with Crippen LogP contribution in [0.15, 0.2) is 40.9 Å². The van der Waals surface area contributed by atoms with E-state index in [9.17, 15) is 8.42 Å². The molecule has 1 aliphatic heterocycles. The highest BCUT2D eigenvalue weighted by Gasteiger charge is 2.24. The van der Waals surface area contributed by atoms with Gasteiger partial charge in [0.1, 0.15) is 0 Å². The number of sulfonamides is 1. The van der Waals surface area contributed by atoms with Gasteiger partial charge < -0.3 is 4.42 Å². The Morgan fingerprint density at radius 3 is 2.83 bits per heavy atom. The minimum Gasteiger partial charge on any atom is -0.439 e. The van der Waals surface area contributed by atoms with E-state index in [1.807, 2.05) is 30.3 Å². The summed E-state index contributed by atoms with van der Waals surface area (Å²) < 4.78 is 31.2. The van der Waals surface area contributed by atoms with Crippen LogP contribution in [-0.4, -0.2) is 43.7 Å². The maximum Gasteiger partial charge on any atom is 0.209 e. The summed E-state index contributed by atoms with van der Waals surface area (Å²) in [7, 11) is -3.17. The normalized spacial score (nSPS) is 19.5. The van der Waals surface area contributed by atoms with Crippen molar-refractivity contribution in [3.63, 3.8) is 0 Å². The molecular weight excluding hydrogens is 326 g/mol. The lowest BCUT2D eigenvalue weighted by molar-refractivity contribution is 0.130. The van der Waals surface area contributed by atoms with Crippen molar-refractivity contribution < 1.29 is 12.8 Å². The molecule has 1 fully saturated rings. The predicted octanol–water partition coefficient (Wildman–Crippen LogP) is 2.25. The fourth-order valence-electron chi connectivity index (χ4n) is 3.04. The Bertz CT molecular complexity index is 758. The van der Waals surface area contributed by atoms with Crippen LogP contribution in [0.2, 0.25) is 0 Å². The van der Waals surface area contributed by atoms with Gasteiger partial charge in [-0.3, -0.25) is 4.90 Å². The zero-order valence-corrected chi connectivity index (χ0v) is 14.6. The SMILES string of the molecule is CS(=O)(=O)NC[C@@H]1CCCCN1Cc1ncc(-c2ccccc2)o1. The molecule has 1 aliphatic rings. The average Bonchev–Trinajstić information content (AvgIpc) is 3.03. The van der Waals surface area contributed by atoms with Gasteiger partial charge in [0.05, 0.1) is 19.0 Å². The van der Waals surface area contributed by atoms with Crippen LogP contribution in [0.25, 0.3) is 11.3 Å². The monoisotopic (exact) mass is 349 g/mol. The van der Waals surface area contributed by atoms with Crippen LogP contribution < -0.4 is 4.72 Å². The molecule has 6 nitrogen and oxygen atoms in total. The number of hydrogen-bond donors (Lipinski definition) is 1. The van der Waals surface area contributed by atoms with E-state index in [0.29, 0.717) is 19.0 Å². The smallest absolute Gasteiger partial charge is 0.209 e. The number of benzene rings is 1. The van der Waals surface area contributed by atoms with Gasteiger partial charge in [-0.25, -0.2) is 18.1 Å². The second-order valence-corrected chi connectivity index (χ2v) is 8.06. The van der Waals surface area contributed by atoms with Crippen LogP contribution >= 0.6 is 0 Å². The van der Waals surface area contributed by atoms with Gasteiger partial charge in [0, 0.05) is 18.2 Å². The van der Waals surface area contributed by atoms with Gasteiger partial charge in [0.25, 0.3) is 0 Å². The summed E-state index contributed by atoms with van der Waals surface area (Å²) in [6.07, 6.45) is 6.16. The molecule has 0 bridgehead atoms. The lowest BCUT2D eigenvalue weighted by Crippen LogP contribution is -2.46. The molecular formula is C17H23N3O3S. The second-order valence-electron chi connectivity index (χ2n) is 6.22. The van der Waals surface area contributed by atoms with Crippen LogP contribution in [0, 0.1) is 0 Å². The molecule has 0 amide bonds. The molecule has 1 saturated heterocycles. The number of nitrogens with one attached hydrogen (secondary N) is 1. The third-order valence-corrected chi connectivity index (χ3v) is 4.97. The lowest BCUT2D eigenvalue weighted by Gasteiger charge is -2.34. The summed E-state index contributed by atoms with van der Waals surface area (Å²) in [5, 5.41) is 0. The number of aromatic nitrogens is 1. The number of likely N-dealkylation sites (tertiary alicyclic amines) is 1. The first-order chi connectivity index (χ1) is 11.5.